The molecule has 0 fully saturated rings. The summed E-state index contributed by atoms with van der Waals surface area (Å²) in [5, 5.41) is 16.4. The van der Waals surface area contributed by atoms with E-state index in [2.05, 4.69) is 0 Å². The van der Waals surface area contributed by atoms with Crippen molar-refractivity contribution in [2.75, 3.05) is 123 Å². The fourth-order valence-corrected chi connectivity index (χ4v) is 51.1. The zero-order valence-electron chi connectivity index (χ0n) is 83.5. The standard InChI is InChI=1S/4C21H18GeO6.8C2H7N.2CH2Cl2/c4*1-4-10-19-16(7-1)13-23-22(26-19,24-14-17-8-2-5-11-20(17)27-22)25-15-18-9-3-6-12-21(18)28-22;8*1-3-2;2*2-1-3/h4*1-12H,13-15H2;8*3H,1-2H3;2*1H2/q4*-2;;;;;;;;;;/p+8. The SMILES string of the molecule is C[NH2+]C.C[NH2+]C.C[NH2+]C.C[NH2+]C.C[NH2+]C.C[NH2+]C.C[NH2+]C.C[NH2+]C.ClCCl.ClCCl.c1ccc2c(c1)C[O][Ge-2]13([O]Cc4ccccc4[O]1)([O]Cc1ccccc1[O]3)[O]2.c1ccc2c(c1)C[O][Ge-2]13([O]Cc4ccccc4[O]1)([O]Cc1ccccc1[O]3)[O]2.c1ccc2c(c1)C[O][Ge-2]13([O]Cc4ccccc4[O]1)([O]Cc1ccccc1[O]3)[O]2.c1ccc2c(c1)C[O][Ge-2]13([O]Cc4ccccc4[O]1)([O]Cc1ccccc1[O]3)[O]2. The normalized spacial score (nSPS) is 20.5. The van der Waals surface area contributed by atoms with Crippen LogP contribution in [-0.4, -0.2) is 176 Å². The van der Waals surface area contributed by atoms with Crippen LogP contribution in [0.4, 0.5) is 0 Å². The molecule has 0 bridgehead atoms. The molecule has 0 saturated heterocycles. The molecule has 12 aliphatic rings. The van der Waals surface area contributed by atoms with Crippen molar-refractivity contribution in [2.24, 2.45) is 0 Å². The van der Waals surface area contributed by atoms with E-state index in [1.165, 1.54) is 0 Å². The number of nitrogens with two attached hydrogens (primary N) is 8. The Kier molecular flexibility index (Phi) is 38.2. The van der Waals surface area contributed by atoms with E-state index >= 15 is 0 Å². The van der Waals surface area contributed by atoms with Crippen LogP contribution in [0.2, 0.25) is 0 Å². The zero-order chi connectivity index (χ0) is 102. The first kappa shape index (κ1) is 113. The zero-order valence-corrected chi connectivity index (χ0v) is 95.0. The van der Waals surface area contributed by atoms with Crippen molar-refractivity contribution in [3.63, 3.8) is 0 Å². The van der Waals surface area contributed by atoms with Crippen LogP contribution in [-0.2, 0) is 124 Å². The first-order valence-corrected chi connectivity index (χ1v) is 70.0. The molecular formula is C102H140Cl4Ge4N8O24. The van der Waals surface area contributed by atoms with Crippen molar-refractivity contribution >= 4 is 98.9 Å². The van der Waals surface area contributed by atoms with Gasteiger partial charge in [0.1, 0.15) is 0 Å². The molecule has 0 aliphatic carbocycles. The van der Waals surface area contributed by atoms with Crippen LogP contribution in [0.25, 0.3) is 0 Å². The van der Waals surface area contributed by atoms with Crippen LogP contribution in [0.3, 0.4) is 0 Å². The quantitative estimate of drug-likeness (QED) is 0.0517. The maximum absolute atomic E-state index is 6.47. The van der Waals surface area contributed by atoms with Gasteiger partial charge in [0.2, 0.25) is 0 Å². The number of hydrogen-bond acceptors (Lipinski definition) is 24. The Morgan fingerprint density at radius 2 is 0.211 bits per heavy atom. The summed E-state index contributed by atoms with van der Waals surface area (Å²) < 4.78 is 154. The van der Waals surface area contributed by atoms with Crippen molar-refractivity contribution < 1.29 is 133 Å². The number of quaternary nitrogens is 8. The van der Waals surface area contributed by atoms with Crippen molar-refractivity contribution in [2.45, 2.75) is 79.3 Å². The number of benzene rings is 12. The Morgan fingerprint density at radius 1 is 0.148 bits per heavy atom. The van der Waals surface area contributed by atoms with Gasteiger partial charge in [0, 0.05) is 0 Å². The van der Waals surface area contributed by atoms with Gasteiger partial charge in [-0.15, -0.1) is 46.4 Å². The van der Waals surface area contributed by atoms with Gasteiger partial charge < -0.3 is 42.5 Å². The third-order valence-electron chi connectivity index (χ3n) is 21.8. The summed E-state index contributed by atoms with van der Waals surface area (Å²) in [5.74, 6) is 6.97. The van der Waals surface area contributed by atoms with Gasteiger partial charge in [-0.1, -0.05) is 0 Å². The van der Waals surface area contributed by atoms with Gasteiger partial charge in [0.05, 0.1) is 123 Å². The summed E-state index contributed by atoms with van der Waals surface area (Å²) in [6.07, 6.45) is 0. The molecule has 142 heavy (non-hydrogen) atoms. The minimum atomic E-state index is -6.35. The monoisotopic (exact) mass is 2300 g/mol. The molecule has 0 atom stereocenters. The van der Waals surface area contributed by atoms with E-state index in [9.17, 15) is 0 Å². The van der Waals surface area contributed by atoms with Crippen LogP contribution in [0.1, 0.15) is 66.8 Å². The van der Waals surface area contributed by atoms with Crippen molar-refractivity contribution in [3.05, 3.63) is 358 Å². The number of halogens is 4. The second kappa shape index (κ2) is 48.0. The fourth-order valence-electron chi connectivity index (χ4n) is 15.9. The molecule has 12 aromatic carbocycles. The Balaban J connectivity index is 0.000000165. The number of para-hydroxylation sites is 12. The molecule has 0 radical (unpaired) electrons. The summed E-state index contributed by atoms with van der Waals surface area (Å²) in [5.41, 5.74) is 10.6. The molecule has 776 valence electrons. The topological polar surface area (TPSA) is 354 Å². The van der Waals surface area contributed by atoms with Crippen LogP contribution in [0, 0.1) is 0 Å². The maximum atomic E-state index is 6.47. The van der Waals surface area contributed by atoms with E-state index in [0.29, 0.717) is 69.0 Å². The van der Waals surface area contributed by atoms with Crippen LogP contribution in [0.5, 0.6) is 69.0 Å². The van der Waals surface area contributed by atoms with E-state index in [-0.39, 0.29) is 90.0 Å². The predicted octanol–water partition coefficient (Wildman–Crippen LogP) is 9.92. The molecule has 32 nitrogen and oxygen atoms in total. The van der Waals surface area contributed by atoms with Gasteiger partial charge in [-0.2, -0.15) is 0 Å². The van der Waals surface area contributed by atoms with Crippen molar-refractivity contribution in [1.29, 1.82) is 0 Å². The minimum absolute atomic E-state index is 0.194. The Hall–Kier alpha value is -9.23. The molecule has 0 saturated carbocycles. The van der Waals surface area contributed by atoms with E-state index in [1.807, 2.05) is 446 Å². The molecule has 40 heteroatoms. The molecule has 24 rings (SSSR count). The van der Waals surface area contributed by atoms with Gasteiger partial charge in [-0.25, -0.2) is 0 Å². The van der Waals surface area contributed by atoms with Gasteiger partial charge in [0.15, 0.2) is 0 Å². The average Bonchev–Trinajstić information content (AvgIpc) is 0.667. The van der Waals surface area contributed by atoms with E-state index in [4.69, 9.17) is 137 Å². The first-order valence-electron chi connectivity index (χ1n) is 47.3. The molecule has 12 heterocycles. The third-order valence-corrected chi connectivity index (χ3v) is 56.3. The van der Waals surface area contributed by atoms with Crippen LogP contribution in [0.15, 0.2) is 291 Å². The van der Waals surface area contributed by atoms with Gasteiger partial charge in [-0.05, 0) is 0 Å². The Morgan fingerprint density at radius 3 is 0.282 bits per heavy atom. The molecule has 12 aromatic rings. The number of alkyl halides is 4. The van der Waals surface area contributed by atoms with E-state index in [0.717, 1.165) is 66.8 Å². The molecule has 4 spiro atoms. The molecular weight excluding hydrogens is 2150 g/mol. The molecule has 0 unspecified atom stereocenters. The molecule has 12 aliphatic heterocycles. The summed E-state index contributed by atoms with van der Waals surface area (Å²) in [6, 6.07) is 91.2. The Bertz CT molecular complexity index is 4870. The van der Waals surface area contributed by atoms with Crippen molar-refractivity contribution in [3.8, 4) is 69.0 Å². The van der Waals surface area contributed by atoms with Crippen molar-refractivity contribution in [1.82, 2.24) is 0 Å². The molecule has 0 amide bonds. The van der Waals surface area contributed by atoms with Crippen LogP contribution < -0.4 is 87.7 Å². The van der Waals surface area contributed by atoms with Crippen LogP contribution >= 0.6 is 46.4 Å². The third kappa shape index (κ3) is 24.0. The fraction of sp³-hybridized carbons (Fsp3) is 0.294. The number of hydrogen-bond donors (Lipinski definition) is 8. The van der Waals surface area contributed by atoms with Gasteiger partial charge in [-0.3, -0.25) is 0 Å². The van der Waals surface area contributed by atoms with Gasteiger partial charge in [0.25, 0.3) is 0 Å². The second-order valence-corrected chi connectivity index (χ2v) is 68.8. The molecule has 0 aromatic heterocycles. The van der Waals surface area contributed by atoms with Gasteiger partial charge >= 0.3 is 649 Å². The second-order valence-electron chi connectivity index (χ2n) is 33.8. The Labute approximate surface area is 854 Å². The number of fused-ring (bicyclic) bond motifs is 12. The summed E-state index contributed by atoms with van der Waals surface area (Å²) in [7, 11) is 32.0. The molecule has 16 N–H and O–H groups in total. The predicted molar refractivity (Wildman–Crippen MR) is 549 cm³/mol. The summed E-state index contributed by atoms with van der Waals surface area (Å²) >= 11 is -6.35. The summed E-state index contributed by atoms with van der Waals surface area (Å²) in [4.78, 5) is 0. The summed E-state index contributed by atoms with van der Waals surface area (Å²) in [6.45, 7) is 2.39. The average molecular weight is 2290 g/mol. The number of rotatable bonds is 0. The van der Waals surface area contributed by atoms with E-state index < -0.39 is 52.5 Å². The first-order chi connectivity index (χ1) is 68.7. The van der Waals surface area contributed by atoms with E-state index in [1.54, 1.807) is 0 Å².